The second-order valence-electron chi connectivity index (χ2n) is 5.59. The van der Waals surface area contributed by atoms with Crippen LogP contribution in [0.5, 0.6) is 0 Å². The number of rotatable bonds is 5. The van der Waals surface area contributed by atoms with Crippen LogP contribution in [-0.2, 0) is 13.0 Å². The van der Waals surface area contributed by atoms with Crippen molar-refractivity contribution in [2.45, 2.75) is 53.1 Å². The van der Waals surface area contributed by atoms with Gasteiger partial charge in [0.2, 0.25) is 0 Å². The van der Waals surface area contributed by atoms with Crippen LogP contribution >= 0.6 is 0 Å². The molecule has 0 amide bonds. The molecule has 0 radical (unpaired) electrons. The normalized spacial score (nSPS) is 15.8. The van der Waals surface area contributed by atoms with Gasteiger partial charge in [0.15, 0.2) is 0 Å². The maximum atomic E-state index is 6.27. The molecule has 0 bridgehead atoms. The summed E-state index contributed by atoms with van der Waals surface area (Å²) in [5, 5.41) is 4.25. The van der Waals surface area contributed by atoms with E-state index < -0.39 is 0 Å². The molecule has 0 aliphatic rings. The van der Waals surface area contributed by atoms with Crippen molar-refractivity contribution >= 4 is 0 Å². The molecule has 1 aromatic rings. The molecule has 92 valence electrons. The molecule has 0 aromatic carbocycles. The van der Waals surface area contributed by atoms with E-state index in [9.17, 15) is 0 Å². The molecule has 1 unspecified atom stereocenters. The molecule has 0 fully saturated rings. The predicted octanol–water partition coefficient (Wildman–Crippen LogP) is 1.85. The topological polar surface area (TPSA) is 56.7 Å². The van der Waals surface area contributed by atoms with Crippen molar-refractivity contribution in [3.63, 3.8) is 0 Å². The van der Waals surface area contributed by atoms with Gasteiger partial charge >= 0.3 is 0 Å². The lowest BCUT2D eigenvalue weighted by molar-refractivity contribution is 0.322. The van der Waals surface area contributed by atoms with Gasteiger partial charge in [0, 0.05) is 18.5 Å². The van der Waals surface area contributed by atoms with Gasteiger partial charge in [-0.1, -0.05) is 27.7 Å². The first-order chi connectivity index (χ1) is 7.33. The van der Waals surface area contributed by atoms with Crippen molar-refractivity contribution < 1.29 is 0 Å². The molecule has 1 heterocycles. The molecular weight excluding hydrogens is 200 g/mol. The monoisotopic (exact) mass is 224 g/mol. The Morgan fingerprint density at radius 2 is 2.00 bits per heavy atom. The fourth-order valence-corrected chi connectivity index (χ4v) is 1.47. The minimum absolute atomic E-state index is 0.220. The minimum Gasteiger partial charge on any atom is -0.325 e. The van der Waals surface area contributed by atoms with Gasteiger partial charge in [-0.05, 0) is 18.8 Å². The molecule has 1 atom stereocenters. The van der Waals surface area contributed by atoms with Gasteiger partial charge in [-0.3, -0.25) is 0 Å². The van der Waals surface area contributed by atoms with Crippen LogP contribution in [0.3, 0.4) is 0 Å². The molecule has 4 nitrogen and oxygen atoms in total. The number of aromatic nitrogens is 3. The van der Waals surface area contributed by atoms with E-state index in [1.54, 1.807) is 6.33 Å². The SMILES string of the molecule is CC(C)Cn1ncnc1CC(C)(N)C(C)C. The van der Waals surface area contributed by atoms with E-state index in [-0.39, 0.29) is 5.54 Å². The van der Waals surface area contributed by atoms with E-state index in [2.05, 4.69) is 44.7 Å². The summed E-state index contributed by atoms with van der Waals surface area (Å²) >= 11 is 0. The van der Waals surface area contributed by atoms with E-state index >= 15 is 0 Å². The molecule has 2 N–H and O–H groups in total. The Morgan fingerprint density at radius 1 is 1.38 bits per heavy atom. The maximum absolute atomic E-state index is 6.27. The first-order valence-corrected chi connectivity index (χ1v) is 5.98. The lowest BCUT2D eigenvalue weighted by Gasteiger charge is -2.28. The highest BCUT2D eigenvalue weighted by Gasteiger charge is 2.25. The quantitative estimate of drug-likeness (QED) is 0.830. The van der Waals surface area contributed by atoms with Gasteiger partial charge in [0.05, 0.1) is 0 Å². The van der Waals surface area contributed by atoms with Gasteiger partial charge < -0.3 is 5.73 Å². The molecule has 0 spiro atoms. The lowest BCUT2D eigenvalue weighted by Crippen LogP contribution is -2.44. The fraction of sp³-hybridized carbons (Fsp3) is 0.833. The first kappa shape index (κ1) is 13.2. The van der Waals surface area contributed by atoms with Gasteiger partial charge in [0.1, 0.15) is 12.2 Å². The standard InChI is InChI=1S/C12H24N4/c1-9(2)7-16-11(14-8-15-16)6-12(5,13)10(3)4/h8-10H,6-7,13H2,1-5H3. The summed E-state index contributed by atoms with van der Waals surface area (Å²) in [6.07, 6.45) is 2.39. The molecule has 4 heteroatoms. The average Bonchev–Trinajstić information content (AvgIpc) is 2.50. The molecular formula is C12H24N4. The van der Waals surface area contributed by atoms with Gasteiger partial charge in [-0.25, -0.2) is 9.67 Å². The van der Waals surface area contributed by atoms with Crippen LogP contribution in [0.4, 0.5) is 0 Å². The first-order valence-electron chi connectivity index (χ1n) is 5.98. The molecule has 0 saturated heterocycles. The summed E-state index contributed by atoms with van der Waals surface area (Å²) in [7, 11) is 0. The summed E-state index contributed by atoms with van der Waals surface area (Å²) < 4.78 is 1.97. The van der Waals surface area contributed by atoms with Crippen LogP contribution in [0, 0.1) is 11.8 Å². The van der Waals surface area contributed by atoms with Crippen molar-refractivity contribution in [3.8, 4) is 0 Å². The van der Waals surface area contributed by atoms with E-state index in [1.165, 1.54) is 0 Å². The van der Waals surface area contributed by atoms with E-state index in [0.717, 1.165) is 18.8 Å². The third-order valence-corrected chi connectivity index (χ3v) is 3.09. The maximum Gasteiger partial charge on any atom is 0.138 e. The van der Waals surface area contributed by atoms with E-state index in [4.69, 9.17) is 5.73 Å². The van der Waals surface area contributed by atoms with Crippen molar-refractivity contribution in [1.82, 2.24) is 14.8 Å². The smallest absolute Gasteiger partial charge is 0.138 e. The zero-order chi connectivity index (χ0) is 12.3. The fourth-order valence-electron chi connectivity index (χ4n) is 1.47. The van der Waals surface area contributed by atoms with Crippen LogP contribution in [0.2, 0.25) is 0 Å². The Labute approximate surface area is 98.2 Å². The van der Waals surface area contributed by atoms with Crippen LogP contribution in [0.25, 0.3) is 0 Å². The second kappa shape index (κ2) is 4.95. The summed E-state index contributed by atoms with van der Waals surface area (Å²) in [6, 6.07) is 0. The van der Waals surface area contributed by atoms with E-state index in [1.807, 2.05) is 4.68 Å². The number of nitrogens with two attached hydrogens (primary N) is 1. The molecule has 1 aromatic heterocycles. The zero-order valence-electron chi connectivity index (χ0n) is 11.1. The van der Waals surface area contributed by atoms with Crippen LogP contribution in [-0.4, -0.2) is 20.3 Å². The molecule has 0 aliphatic carbocycles. The number of hydrogen-bond acceptors (Lipinski definition) is 3. The Bertz CT molecular complexity index is 326. The Morgan fingerprint density at radius 3 is 2.50 bits per heavy atom. The Balaban J connectivity index is 2.77. The average molecular weight is 224 g/mol. The highest BCUT2D eigenvalue weighted by Crippen LogP contribution is 2.18. The largest absolute Gasteiger partial charge is 0.325 e. The Hall–Kier alpha value is -0.900. The van der Waals surface area contributed by atoms with Crippen LogP contribution in [0.1, 0.15) is 40.4 Å². The van der Waals surface area contributed by atoms with Crippen molar-refractivity contribution in [2.75, 3.05) is 0 Å². The Kier molecular flexibility index (Phi) is 4.08. The van der Waals surface area contributed by atoms with Crippen molar-refractivity contribution in [2.24, 2.45) is 17.6 Å². The predicted molar refractivity (Wildman–Crippen MR) is 66.0 cm³/mol. The molecule has 0 saturated carbocycles. The second-order valence-corrected chi connectivity index (χ2v) is 5.59. The number of nitrogens with zero attached hydrogens (tertiary/aromatic N) is 3. The van der Waals surface area contributed by atoms with Gasteiger partial charge in [-0.2, -0.15) is 5.10 Å². The van der Waals surface area contributed by atoms with Crippen molar-refractivity contribution in [3.05, 3.63) is 12.2 Å². The highest BCUT2D eigenvalue weighted by atomic mass is 15.3. The molecule has 16 heavy (non-hydrogen) atoms. The minimum atomic E-state index is -0.220. The van der Waals surface area contributed by atoms with E-state index in [0.29, 0.717) is 11.8 Å². The summed E-state index contributed by atoms with van der Waals surface area (Å²) in [5.74, 6) is 1.99. The highest BCUT2D eigenvalue weighted by molar-refractivity contribution is 4.96. The summed E-state index contributed by atoms with van der Waals surface area (Å²) in [6.45, 7) is 11.6. The zero-order valence-corrected chi connectivity index (χ0v) is 11.1. The van der Waals surface area contributed by atoms with Crippen LogP contribution in [0.15, 0.2) is 6.33 Å². The summed E-state index contributed by atoms with van der Waals surface area (Å²) in [4.78, 5) is 4.31. The van der Waals surface area contributed by atoms with Gasteiger partial charge in [-0.15, -0.1) is 0 Å². The molecule has 1 rings (SSSR count). The third-order valence-electron chi connectivity index (χ3n) is 3.09. The molecule has 0 aliphatic heterocycles. The van der Waals surface area contributed by atoms with Crippen molar-refractivity contribution in [1.29, 1.82) is 0 Å². The lowest BCUT2D eigenvalue weighted by atomic mass is 9.86. The number of hydrogen-bond donors (Lipinski definition) is 1. The van der Waals surface area contributed by atoms with Crippen LogP contribution < -0.4 is 5.73 Å². The summed E-state index contributed by atoms with van der Waals surface area (Å²) in [5.41, 5.74) is 6.05. The third kappa shape index (κ3) is 3.30. The van der Waals surface area contributed by atoms with Gasteiger partial charge in [0.25, 0.3) is 0 Å².